The molecule has 220 valence electrons. The van der Waals surface area contributed by atoms with E-state index in [1.807, 2.05) is 29.4 Å². The molecule has 1 aliphatic rings. The maximum atomic E-state index is 13.3. The number of thioether (sulfide) groups is 1. The number of hydrogen-bond donors (Lipinski definition) is 2. The molecule has 1 saturated heterocycles. The van der Waals surface area contributed by atoms with Gasteiger partial charge in [-0.3, -0.25) is 9.69 Å². The summed E-state index contributed by atoms with van der Waals surface area (Å²) in [4.78, 5) is 40.4. The van der Waals surface area contributed by atoms with Crippen LogP contribution in [0.25, 0.3) is 10.8 Å². The standard InChI is InChI=1S/C30H43N3O6S/c1-5-21(2)27(32-30(36)39-24-13-15-38-20-24)18-33(17-23-11-8-10-22-9-6-7-12-25(22)23)19-28(34)31-26(14-16-40-4)29(35)37-3/h6-12,21,24,26-27H,5,13-20H2,1-4H3,(H,31,34)(H,32,36)/t21-,24-,26-,27+/m0/s1. The SMILES string of the molecule is CC[C@H](C)[C@@H](CN(CC(=O)N[C@@H](CCSC)C(=O)OC)Cc1cccc2ccccc12)NC(=O)O[C@H]1CCOC1. The normalized spacial score (nSPS) is 17.3. The highest BCUT2D eigenvalue weighted by molar-refractivity contribution is 7.98. The summed E-state index contributed by atoms with van der Waals surface area (Å²) in [5.74, 6) is 0.120. The second-order valence-electron chi connectivity index (χ2n) is 10.3. The monoisotopic (exact) mass is 573 g/mol. The van der Waals surface area contributed by atoms with E-state index in [0.717, 1.165) is 22.8 Å². The Hall–Kier alpha value is -2.82. The first-order valence-electron chi connectivity index (χ1n) is 13.9. The quantitative estimate of drug-likeness (QED) is 0.308. The molecule has 3 rings (SSSR count). The number of hydrogen-bond acceptors (Lipinski definition) is 8. The van der Waals surface area contributed by atoms with Crippen molar-refractivity contribution in [3.05, 3.63) is 48.0 Å². The number of fused-ring (bicyclic) bond motifs is 1. The van der Waals surface area contributed by atoms with Gasteiger partial charge in [0.15, 0.2) is 0 Å². The molecule has 2 amide bonds. The van der Waals surface area contributed by atoms with Crippen molar-refractivity contribution < 1.29 is 28.6 Å². The van der Waals surface area contributed by atoms with Crippen LogP contribution in [0.3, 0.4) is 0 Å². The van der Waals surface area contributed by atoms with Crippen LogP contribution >= 0.6 is 11.8 Å². The van der Waals surface area contributed by atoms with Crippen LogP contribution < -0.4 is 10.6 Å². The smallest absolute Gasteiger partial charge is 0.407 e. The summed E-state index contributed by atoms with van der Waals surface area (Å²) in [5, 5.41) is 8.14. The number of nitrogens with zero attached hydrogens (tertiary/aromatic N) is 1. The molecule has 40 heavy (non-hydrogen) atoms. The molecular weight excluding hydrogens is 530 g/mol. The lowest BCUT2D eigenvalue weighted by atomic mass is 9.98. The minimum absolute atomic E-state index is 0.0517. The third-order valence-corrected chi connectivity index (χ3v) is 7.97. The number of ether oxygens (including phenoxy) is 3. The number of methoxy groups -OCH3 is 1. The summed E-state index contributed by atoms with van der Waals surface area (Å²) in [5.41, 5.74) is 1.08. The Bertz CT molecular complexity index is 1100. The largest absolute Gasteiger partial charge is 0.467 e. The van der Waals surface area contributed by atoms with E-state index >= 15 is 0 Å². The molecular formula is C30H43N3O6S. The summed E-state index contributed by atoms with van der Waals surface area (Å²) in [6.07, 6.45) is 3.24. The minimum atomic E-state index is -0.712. The average molecular weight is 574 g/mol. The van der Waals surface area contributed by atoms with Crippen LogP contribution in [0, 0.1) is 5.92 Å². The Balaban J connectivity index is 1.80. The van der Waals surface area contributed by atoms with Gasteiger partial charge in [-0.2, -0.15) is 11.8 Å². The molecule has 1 heterocycles. The molecule has 0 unspecified atom stereocenters. The van der Waals surface area contributed by atoms with Gasteiger partial charge in [-0.25, -0.2) is 9.59 Å². The highest BCUT2D eigenvalue weighted by atomic mass is 32.2. The van der Waals surface area contributed by atoms with Crippen molar-refractivity contribution in [2.75, 3.05) is 45.4 Å². The zero-order chi connectivity index (χ0) is 28.9. The average Bonchev–Trinajstić information content (AvgIpc) is 3.47. The minimum Gasteiger partial charge on any atom is -0.467 e. The Labute approximate surface area is 241 Å². The molecule has 1 aliphatic heterocycles. The highest BCUT2D eigenvalue weighted by Gasteiger charge is 2.28. The molecule has 0 spiro atoms. The van der Waals surface area contributed by atoms with E-state index in [4.69, 9.17) is 14.2 Å². The van der Waals surface area contributed by atoms with Crippen LogP contribution in [0.2, 0.25) is 0 Å². The Kier molecular flexibility index (Phi) is 13.0. The van der Waals surface area contributed by atoms with Crippen LogP contribution in [-0.2, 0) is 30.3 Å². The Morgan fingerprint density at radius 1 is 1.15 bits per heavy atom. The number of alkyl carbamates (subject to hydrolysis) is 1. The maximum absolute atomic E-state index is 13.3. The van der Waals surface area contributed by atoms with Crippen molar-refractivity contribution in [3.8, 4) is 0 Å². The highest BCUT2D eigenvalue weighted by Crippen LogP contribution is 2.21. The Morgan fingerprint density at radius 3 is 2.62 bits per heavy atom. The van der Waals surface area contributed by atoms with Gasteiger partial charge < -0.3 is 24.8 Å². The lowest BCUT2D eigenvalue weighted by molar-refractivity contribution is -0.145. The first kappa shape index (κ1) is 31.7. The van der Waals surface area contributed by atoms with E-state index in [1.54, 1.807) is 11.8 Å². The number of carbonyl (C=O) groups excluding carboxylic acids is 3. The van der Waals surface area contributed by atoms with Gasteiger partial charge in [0, 0.05) is 25.6 Å². The van der Waals surface area contributed by atoms with E-state index in [0.29, 0.717) is 44.9 Å². The number of carbonyl (C=O) groups is 3. The van der Waals surface area contributed by atoms with Crippen molar-refractivity contribution in [2.45, 2.75) is 57.8 Å². The van der Waals surface area contributed by atoms with E-state index in [2.05, 4.69) is 48.7 Å². The molecule has 1 fully saturated rings. The second kappa shape index (κ2) is 16.4. The van der Waals surface area contributed by atoms with E-state index in [-0.39, 0.29) is 30.5 Å². The van der Waals surface area contributed by atoms with Crippen molar-refractivity contribution >= 4 is 40.5 Å². The fraction of sp³-hybridized carbons (Fsp3) is 0.567. The van der Waals surface area contributed by atoms with E-state index in [9.17, 15) is 14.4 Å². The molecule has 2 aromatic carbocycles. The Morgan fingerprint density at radius 2 is 1.93 bits per heavy atom. The van der Waals surface area contributed by atoms with Gasteiger partial charge in [0.25, 0.3) is 0 Å². The van der Waals surface area contributed by atoms with Crippen LogP contribution in [0.1, 0.15) is 38.7 Å². The fourth-order valence-corrected chi connectivity index (χ4v) is 5.27. The molecule has 4 atom stereocenters. The van der Waals surface area contributed by atoms with Crippen LogP contribution in [-0.4, -0.2) is 86.5 Å². The topological polar surface area (TPSA) is 106 Å². The number of esters is 1. The zero-order valence-electron chi connectivity index (χ0n) is 24.0. The maximum Gasteiger partial charge on any atom is 0.407 e. The summed E-state index contributed by atoms with van der Waals surface area (Å²) in [6.45, 7) is 6.12. The van der Waals surface area contributed by atoms with Crippen LogP contribution in [0.15, 0.2) is 42.5 Å². The predicted molar refractivity (Wildman–Crippen MR) is 158 cm³/mol. The van der Waals surface area contributed by atoms with Crippen molar-refractivity contribution in [2.24, 2.45) is 5.92 Å². The van der Waals surface area contributed by atoms with E-state index < -0.39 is 18.1 Å². The fourth-order valence-electron chi connectivity index (χ4n) is 4.80. The third kappa shape index (κ3) is 9.67. The summed E-state index contributed by atoms with van der Waals surface area (Å²) in [6, 6.07) is 13.3. The summed E-state index contributed by atoms with van der Waals surface area (Å²) in [7, 11) is 1.33. The summed E-state index contributed by atoms with van der Waals surface area (Å²) >= 11 is 1.60. The van der Waals surface area contributed by atoms with Gasteiger partial charge in [-0.15, -0.1) is 0 Å². The number of rotatable bonds is 15. The van der Waals surface area contributed by atoms with Crippen LogP contribution in [0.4, 0.5) is 4.79 Å². The lowest BCUT2D eigenvalue weighted by Gasteiger charge is -2.31. The van der Waals surface area contributed by atoms with Gasteiger partial charge in [0.2, 0.25) is 5.91 Å². The molecule has 0 bridgehead atoms. The lowest BCUT2D eigenvalue weighted by Crippen LogP contribution is -2.51. The molecule has 0 radical (unpaired) electrons. The molecule has 10 heteroatoms. The third-order valence-electron chi connectivity index (χ3n) is 7.32. The molecule has 0 saturated carbocycles. The predicted octanol–water partition coefficient (Wildman–Crippen LogP) is 3.98. The van der Waals surface area contributed by atoms with Gasteiger partial charge in [-0.05, 0) is 40.7 Å². The van der Waals surface area contributed by atoms with Gasteiger partial charge in [-0.1, -0.05) is 62.7 Å². The number of nitrogens with one attached hydrogen (secondary N) is 2. The zero-order valence-corrected chi connectivity index (χ0v) is 24.8. The van der Waals surface area contributed by atoms with Gasteiger partial charge in [0.1, 0.15) is 12.1 Å². The molecule has 0 aromatic heterocycles. The first-order valence-corrected chi connectivity index (χ1v) is 15.3. The van der Waals surface area contributed by atoms with Crippen molar-refractivity contribution in [1.82, 2.24) is 15.5 Å². The number of benzene rings is 2. The van der Waals surface area contributed by atoms with Gasteiger partial charge >= 0.3 is 12.1 Å². The summed E-state index contributed by atoms with van der Waals surface area (Å²) < 4.78 is 15.8. The molecule has 2 aromatic rings. The number of amides is 2. The van der Waals surface area contributed by atoms with Gasteiger partial charge in [0.05, 0.1) is 26.9 Å². The first-order chi connectivity index (χ1) is 19.3. The van der Waals surface area contributed by atoms with Crippen molar-refractivity contribution in [1.29, 1.82) is 0 Å². The van der Waals surface area contributed by atoms with Crippen molar-refractivity contribution in [3.63, 3.8) is 0 Å². The second-order valence-corrected chi connectivity index (χ2v) is 11.2. The molecule has 2 N–H and O–H groups in total. The van der Waals surface area contributed by atoms with Crippen LogP contribution in [0.5, 0.6) is 0 Å². The van der Waals surface area contributed by atoms with E-state index in [1.165, 1.54) is 7.11 Å². The molecule has 9 nitrogen and oxygen atoms in total. The molecule has 0 aliphatic carbocycles.